The zero-order valence-corrected chi connectivity index (χ0v) is 16.4. The summed E-state index contributed by atoms with van der Waals surface area (Å²) in [5.74, 6) is -0.552. The lowest BCUT2D eigenvalue weighted by Crippen LogP contribution is -2.22. The molecule has 1 heterocycles. The molecule has 0 aliphatic heterocycles. The van der Waals surface area contributed by atoms with Crippen LogP contribution in [0, 0.1) is 0 Å². The molecule has 0 aliphatic carbocycles. The molecule has 0 saturated heterocycles. The average molecular weight is 466 g/mol. The molecular weight excluding hydrogens is 452 g/mol. The van der Waals surface area contributed by atoms with E-state index in [1.165, 1.54) is 7.11 Å². The van der Waals surface area contributed by atoms with Gasteiger partial charge in [-0.1, -0.05) is 12.1 Å². The molecule has 5 nitrogen and oxygen atoms in total. The van der Waals surface area contributed by atoms with Gasteiger partial charge in [-0.15, -0.1) is 0 Å². The Labute approximate surface area is 161 Å². The third-order valence-corrected chi connectivity index (χ3v) is 5.64. The second-order valence-electron chi connectivity index (χ2n) is 5.39. The zero-order valence-electron chi connectivity index (χ0n) is 13.2. The summed E-state index contributed by atoms with van der Waals surface area (Å²) < 4.78 is 6.46. The largest absolute Gasteiger partial charge is 0.465 e. The number of aromatic amines is 1. The highest BCUT2D eigenvalue weighted by Crippen LogP contribution is 2.30. The molecule has 0 aliphatic rings. The van der Waals surface area contributed by atoms with E-state index >= 15 is 0 Å². The molecular formula is C18H14Br2N2O3. The number of carbonyl (C=O) groups is 2. The number of fused-ring (bicyclic) bond motifs is 1. The second kappa shape index (κ2) is 7.41. The molecule has 0 atom stereocenters. The predicted molar refractivity (Wildman–Crippen MR) is 103 cm³/mol. The zero-order chi connectivity index (χ0) is 18.0. The highest BCUT2D eigenvalue weighted by atomic mass is 79.9. The van der Waals surface area contributed by atoms with Crippen molar-refractivity contribution in [3.8, 4) is 0 Å². The minimum Gasteiger partial charge on any atom is -0.465 e. The molecule has 0 saturated carbocycles. The number of hydrogen-bond donors (Lipinski definition) is 2. The Bertz CT molecular complexity index is 949. The maximum absolute atomic E-state index is 12.5. The SMILES string of the molecule is COC(=O)c1ccc(CNC(=O)c2c[nH]c3cc(Br)c(Br)cc23)cc1. The third kappa shape index (κ3) is 3.77. The summed E-state index contributed by atoms with van der Waals surface area (Å²) in [7, 11) is 1.34. The number of H-pyrrole nitrogens is 1. The summed E-state index contributed by atoms with van der Waals surface area (Å²) in [6, 6.07) is 10.7. The first-order valence-electron chi connectivity index (χ1n) is 7.41. The molecule has 25 heavy (non-hydrogen) atoms. The van der Waals surface area contributed by atoms with Gasteiger partial charge in [-0.3, -0.25) is 4.79 Å². The van der Waals surface area contributed by atoms with Gasteiger partial charge in [-0.25, -0.2) is 4.79 Å². The predicted octanol–water partition coefficient (Wildman–Crippen LogP) is 4.41. The molecule has 0 fully saturated rings. The van der Waals surface area contributed by atoms with Crippen LogP contribution in [0.2, 0.25) is 0 Å². The molecule has 0 bridgehead atoms. The van der Waals surface area contributed by atoms with E-state index in [1.807, 2.05) is 12.1 Å². The van der Waals surface area contributed by atoms with Gasteiger partial charge in [-0.2, -0.15) is 0 Å². The maximum Gasteiger partial charge on any atom is 0.337 e. The van der Waals surface area contributed by atoms with Crippen LogP contribution in [0.15, 0.2) is 51.5 Å². The Morgan fingerprint density at radius 2 is 1.80 bits per heavy atom. The number of aromatic nitrogens is 1. The summed E-state index contributed by atoms with van der Waals surface area (Å²) in [4.78, 5) is 27.0. The summed E-state index contributed by atoms with van der Waals surface area (Å²) in [6.45, 7) is 0.366. The number of rotatable bonds is 4. The number of nitrogens with one attached hydrogen (secondary N) is 2. The fraction of sp³-hybridized carbons (Fsp3) is 0.111. The van der Waals surface area contributed by atoms with E-state index in [2.05, 4.69) is 46.9 Å². The first kappa shape index (κ1) is 17.7. The van der Waals surface area contributed by atoms with Crippen LogP contribution in [0.3, 0.4) is 0 Å². The smallest absolute Gasteiger partial charge is 0.337 e. The lowest BCUT2D eigenvalue weighted by Gasteiger charge is -2.06. The van der Waals surface area contributed by atoms with Gasteiger partial charge in [0.05, 0.1) is 18.2 Å². The molecule has 1 aromatic heterocycles. The Morgan fingerprint density at radius 1 is 1.12 bits per heavy atom. The van der Waals surface area contributed by atoms with Crippen molar-refractivity contribution in [3.63, 3.8) is 0 Å². The van der Waals surface area contributed by atoms with Crippen LogP contribution in [0.4, 0.5) is 0 Å². The van der Waals surface area contributed by atoms with Crippen LogP contribution in [-0.2, 0) is 11.3 Å². The fourth-order valence-electron chi connectivity index (χ4n) is 2.46. The van der Waals surface area contributed by atoms with Crippen LogP contribution >= 0.6 is 31.9 Å². The summed E-state index contributed by atoms with van der Waals surface area (Å²) in [5, 5.41) is 3.73. The van der Waals surface area contributed by atoms with Crippen molar-refractivity contribution in [2.45, 2.75) is 6.54 Å². The third-order valence-electron chi connectivity index (χ3n) is 3.80. The summed E-state index contributed by atoms with van der Waals surface area (Å²) >= 11 is 6.90. The van der Waals surface area contributed by atoms with Crippen molar-refractivity contribution in [2.24, 2.45) is 0 Å². The lowest BCUT2D eigenvalue weighted by atomic mass is 10.1. The van der Waals surface area contributed by atoms with Gasteiger partial charge in [0.2, 0.25) is 0 Å². The van der Waals surface area contributed by atoms with E-state index in [0.717, 1.165) is 25.4 Å². The first-order chi connectivity index (χ1) is 12.0. The number of amides is 1. The molecule has 0 spiro atoms. The molecule has 3 rings (SSSR count). The number of ether oxygens (including phenoxy) is 1. The average Bonchev–Trinajstić information content (AvgIpc) is 3.02. The van der Waals surface area contributed by atoms with Crippen LogP contribution < -0.4 is 5.32 Å². The molecule has 0 radical (unpaired) electrons. The van der Waals surface area contributed by atoms with Crippen molar-refractivity contribution < 1.29 is 14.3 Å². The van der Waals surface area contributed by atoms with Crippen molar-refractivity contribution in [2.75, 3.05) is 7.11 Å². The maximum atomic E-state index is 12.5. The number of esters is 1. The summed E-state index contributed by atoms with van der Waals surface area (Å²) in [5.41, 5.74) is 2.83. The molecule has 0 unspecified atom stereocenters. The first-order valence-corrected chi connectivity index (χ1v) is 9.00. The van der Waals surface area contributed by atoms with E-state index < -0.39 is 0 Å². The van der Waals surface area contributed by atoms with E-state index in [-0.39, 0.29) is 11.9 Å². The van der Waals surface area contributed by atoms with Gasteiger partial charge in [0.1, 0.15) is 0 Å². The van der Waals surface area contributed by atoms with Crippen molar-refractivity contribution in [1.82, 2.24) is 10.3 Å². The Kier molecular flexibility index (Phi) is 5.24. The molecule has 2 aromatic carbocycles. The van der Waals surface area contributed by atoms with Gasteiger partial charge >= 0.3 is 5.97 Å². The van der Waals surface area contributed by atoms with Gasteiger partial charge in [0, 0.05) is 32.6 Å². The molecule has 7 heteroatoms. The highest BCUT2D eigenvalue weighted by molar-refractivity contribution is 9.13. The number of halogens is 2. The van der Waals surface area contributed by atoms with Crippen LogP contribution in [0.25, 0.3) is 10.9 Å². The van der Waals surface area contributed by atoms with Crippen molar-refractivity contribution in [1.29, 1.82) is 0 Å². The van der Waals surface area contributed by atoms with Crippen molar-refractivity contribution >= 4 is 54.6 Å². The topological polar surface area (TPSA) is 71.2 Å². The van der Waals surface area contributed by atoms with E-state index in [0.29, 0.717) is 17.7 Å². The second-order valence-corrected chi connectivity index (χ2v) is 7.09. The number of methoxy groups -OCH3 is 1. The monoisotopic (exact) mass is 464 g/mol. The number of hydrogen-bond acceptors (Lipinski definition) is 3. The molecule has 1 amide bonds. The minimum atomic E-state index is -0.383. The van der Waals surface area contributed by atoms with E-state index in [4.69, 9.17) is 0 Å². The van der Waals surface area contributed by atoms with Gasteiger partial charge in [-0.05, 0) is 61.7 Å². The standard InChI is InChI=1S/C18H14Br2N2O3/c1-25-18(24)11-4-2-10(3-5-11)8-22-17(23)13-9-21-16-7-15(20)14(19)6-12(13)16/h2-7,9,21H,8H2,1H3,(H,22,23). The van der Waals surface area contributed by atoms with Gasteiger partial charge in [0.25, 0.3) is 5.91 Å². The lowest BCUT2D eigenvalue weighted by molar-refractivity contribution is 0.0600. The van der Waals surface area contributed by atoms with E-state index in [1.54, 1.807) is 30.5 Å². The highest BCUT2D eigenvalue weighted by Gasteiger charge is 2.13. The van der Waals surface area contributed by atoms with Crippen molar-refractivity contribution in [3.05, 3.63) is 68.2 Å². The Balaban J connectivity index is 1.73. The van der Waals surface area contributed by atoms with Gasteiger partial charge < -0.3 is 15.0 Å². The van der Waals surface area contributed by atoms with Crippen LogP contribution in [0.5, 0.6) is 0 Å². The van der Waals surface area contributed by atoms with Crippen LogP contribution in [0.1, 0.15) is 26.3 Å². The van der Waals surface area contributed by atoms with Crippen LogP contribution in [-0.4, -0.2) is 24.0 Å². The number of carbonyl (C=O) groups excluding carboxylic acids is 2. The fourth-order valence-corrected chi connectivity index (χ4v) is 3.15. The Hall–Kier alpha value is -2.12. The molecule has 3 aromatic rings. The molecule has 2 N–H and O–H groups in total. The quantitative estimate of drug-likeness (QED) is 0.560. The number of benzene rings is 2. The minimum absolute atomic E-state index is 0.169. The Morgan fingerprint density at radius 3 is 2.48 bits per heavy atom. The normalized spacial score (nSPS) is 10.7. The van der Waals surface area contributed by atoms with Gasteiger partial charge in [0.15, 0.2) is 0 Å². The molecule has 128 valence electrons. The van der Waals surface area contributed by atoms with E-state index in [9.17, 15) is 9.59 Å². The summed E-state index contributed by atoms with van der Waals surface area (Å²) in [6.07, 6.45) is 1.69.